The molecule has 0 bridgehead atoms. The maximum Gasteiger partial charge on any atom is 0.154 e. The van der Waals surface area contributed by atoms with Crippen LogP contribution in [0.5, 0.6) is 0 Å². The molecule has 1 atom stereocenters. The Balaban J connectivity index is 2.35. The van der Waals surface area contributed by atoms with Crippen LogP contribution in [0.4, 0.5) is 0 Å². The Bertz CT molecular complexity index is 481. The number of benzene rings is 1. The molecule has 16 heavy (non-hydrogen) atoms. The zero-order valence-electron chi connectivity index (χ0n) is 8.98. The fraction of sp³-hybridized carbons (Fsp3) is 0.250. The predicted molar refractivity (Wildman–Crippen MR) is 66.9 cm³/mol. The Morgan fingerprint density at radius 1 is 1.44 bits per heavy atom. The lowest BCUT2D eigenvalue weighted by Gasteiger charge is -2.01. The van der Waals surface area contributed by atoms with Crippen molar-refractivity contribution in [2.75, 3.05) is 0 Å². The molecular weight excluding hydrogens is 268 g/mol. The summed E-state index contributed by atoms with van der Waals surface area (Å²) in [5.74, 6) is 0.730. The quantitative estimate of drug-likeness (QED) is 0.936. The van der Waals surface area contributed by atoms with Crippen molar-refractivity contribution in [3.05, 3.63) is 40.6 Å². The Morgan fingerprint density at radius 2 is 2.19 bits per heavy atom. The monoisotopic (exact) mass is 280 g/mol. The van der Waals surface area contributed by atoms with Crippen LogP contribution in [0.3, 0.4) is 0 Å². The maximum atomic E-state index is 5.88. The highest BCUT2D eigenvalue weighted by atomic mass is 79.9. The van der Waals surface area contributed by atoms with Gasteiger partial charge in [-0.05, 0) is 12.5 Å². The van der Waals surface area contributed by atoms with Gasteiger partial charge in [0.25, 0.3) is 0 Å². The molecule has 0 radical (unpaired) electrons. The first-order chi connectivity index (χ1) is 7.72. The first-order valence-corrected chi connectivity index (χ1v) is 5.98. The van der Waals surface area contributed by atoms with Gasteiger partial charge >= 0.3 is 0 Å². The highest BCUT2D eigenvalue weighted by Gasteiger charge is 2.13. The summed E-state index contributed by atoms with van der Waals surface area (Å²) in [6.07, 6.45) is 0.838. The van der Waals surface area contributed by atoms with Crippen LogP contribution in [0.2, 0.25) is 0 Å². The van der Waals surface area contributed by atoms with E-state index in [0.29, 0.717) is 0 Å². The number of hydrogen-bond acceptors (Lipinski definition) is 3. The molecule has 2 aromatic rings. The number of nitrogens with zero attached hydrogens (tertiary/aromatic N) is 1. The Hall–Kier alpha value is -1.13. The summed E-state index contributed by atoms with van der Waals surface area (Å²) in [5, 5.41) is 4.03. The zero-order valence-corrected chi connectivity index (χ0v) is 10.6. The molecule has 3 nitrogen and oxygen atoms in total. The lowest BCUT2D eigenvalue weighted by molar-refractivity contribution is 0.360. The van der Waals surface area contributed by atoms with E-state index >= 15 is 0 Å². The van der Waals surface area contributed by atoms with Gasteiger partial charge in [-0.15, -0.1) is 0 Å². The van der Waals surface area contributed by atoms with Gasteiger partial charge in [-0.2, -0.15) is 0 Å². The van der Waals surface area contributed by atoms with Crippen LogP contribution in [-0.2, 0) is 0 Å². The summed E-state index contributed by atoms with van der Waals surface area (Å²) in [6, 6.07) is 9.71. The molecule has 0 aliphatic heterocycles. The largest absolute Gasteiger partial charge is 0.359 e. The van der Waals surface area contributed by atoms with E-state index < -0.39 is 0 Å². The second-order valence-corrected chi connectivity index (χ2v) is 4.46. The molecule has 0 aliphatic carbocycles. The van der Waals surface area contributed by atoms with Crippen LogP contribution >= 0.6 is 15.9 Å². The van der Waals surface area contributed by atoms with E-state index in [1.165, 1.54) is 0 Å². The van der Waals surface area contributed by atoms with Gasteiger partial charge < -0.3 is 10.3 Å². The highest BCUT2D eigenvalue weighted by molar-refractivity contribution is 9.10. The van der Waals surface area contributed by atoms with Crippen LogP contribution in [-0.4, -0.2) is 5.16 Å². The van der Waals surface area contributed by atoms with Gasteiger partial charge in [-0.25, -0.2) is 0 Å². The standard InChI is InChI=1S/C12H13BrN2O/c1-2-10(14)12-7-11(15-16-12)8-5-3-4-6-9(8)13/h3-7,10H,2,14H2,1H3. The molecule has 0 saturated carbocycles. The van der Waals surface area contributed by atoms with Gasteiger partial charge in [0.1, 0.15) is 5.69 Å². The third-order valence-electron chi connectivity index (χ3n) is 2.48. The minimum Gasteiger partial charge on any atom is -0.359 e. The maximum absolute atomic E-state index is 5.88. The smallest absolute Gasteiger partial charge is 0.154 e. The van der Waals surface area contributed by atoms with Gasteiger partial charge in [-0.1, -0.05) is 46.2 Å². The van der Waals surface area contributed by atoms with Crippen LogP contribution in [0.15, 0.2) is 39.3 Å². The summed E-state index contributed by atoms with van der Waals surface area (Å²) in [5.41, 5.74) is 7.70. The average molecular weight is 281 g/mol. The van der Waals surface area contributed by atoms with Crippen molar-refractivity contribution in [1.29, 1.82) is 0 Å². The van der Waals surface area contributed by atoms with E-state index in [-0.39, 0.29) is 6.04 Å². The first-order valence-electron chi connectivity index (χ1n) is 5.19. The fourth-order valence-corrected chi connectivity index (χ4v) is 1.95. The van der Waals surface area contributed by atoms with Crippen LogP contribution in [0.25, 0.3) is 11.3 Å². The fourth-order valence-electron chi connectivity index (χ4n) is 1.46. The summed E-state index contributed by atoms with van der Waals surface area (Å²) in [6.45, 7) is 2.02. The summed E-state index contributed by atoms with van der Waals surface area (Å²) < 4.78 is 6.23. The minimum absolute atomic E-state index is 0.0799. The summed E-state index contributed by atoms with van der Waals surface area (Å²) in [7, 11) is 0. The Morgan fingerprint density at radius 3 is 2.88 bits per heavy atom. The van der Waals surface area contributed by atoms with Crippen molar-refractivity contribution in [2.45, 2.75) is 19.4 Å². The van der Waals surface area contributed by atoms with Crippen LogP contribution in [0.1, 0.15) is 25.1 Å². The molecule has 1 aromatic carbocycles. The van der Waals surface area contributed by atoms with E-state index in [1.807, 2.05) is 37.3 Å². The molecule has 1 aromatic heterocycles. The number of aromatic nitrogens is 1. The predicted octanol–water partition coefficient (Wildman–Crippen LogP) is 3.51. The molecule has 0 aliphatic rings. The van der Waals surface area contributed by atoms with Crippen molar-refractivity contribution in [3.8, 4) is 11.3 Å². The van der Waals surface area contributed by atoms with E-state index in [2.05, 4.69) is 21.1 Å². The molecule has 0 spiro atoms. The van der Waals surface area contributed by atoms with Crippen molar-refractivity contribution < 1.29 is 4.52 Å². The van der Waals surface area contributed by atoms with Gasteiger partial charge in [-0.3, -0.25) is 0 Å². The van der Waals surface area contributed by atoms with Gasteiger partial charge in [0.2, 0.25) is 0 Å². The van der Waals surface area contributed by atoms with E-state index in [9.17, 15) is 0 Å². The zero-order chi connectivity index (χ0) is 11.5. The third kappa shape index (κ3) is 2.18. The third-order valence-corrected chi connectivity index (χ3v) is 3.17. The van der Waals surface area contributed by atoms with E-state index in [0.717, 1.165) is 27.9 Å². The molecule has 0 amide bonds. The van der Waals surface area contributed by atoms with Crippen molar-refractivity contribution in [2.24, 2.45) is 5.73 Å². The molecule has 2 N–H and O–H groups in total. The molecular formula is C12H13BrN2O. The Labute approximate surface area is 103 Å². The highest BCUT2D eigenvalue weighted by Crippen LogP contribution is 2.28. The minimum atomic E-state index is -0.0799. The van der Waals surface area contributed by atoms with E-state index in [4.69, 9.17) is 10.3 Å². The molecule has 0 saturated heterocycles. The lowest BCUT2D eigenvalue weighted by atomic mass is 10.1. The van der Waals surface area contributed by atoms with Crippen molar-refractivity contribution in [1.82, 2.24) is 5.16 Å². The molecule has 1 unspecified atom stereocenters. The molecule has 84 valence electrons. The van der Waals surface area contributed by atoms with Crippen LogP contribution < -0.4 is 5.73 Å². The molecule has 2 rings (SSSR count). The topological polar surface area (TPSA) is 52.0 Å². The Kier molecular flexibility index (Phi) is 3.41. The lowest BCUT2D eigenvalue weighted by Crippen LogP contribution is -2.06. The average Bonchev–Trinajstić information content (AvgIpc) is 2.78. The number of hydrogen-bond donors (Lipinski definition) is 1. The molecule has 1 heterocycles. The van der Waals surface area contributed by atoms with Crippen molar-refractivity contribution >= 4 is 15.9 Å². The molecule has 0 fully saturated rings. The number of halogens is 1. The summed E-state index contributed by atoms with van der Waals surface area (Å²) >= 11 is 3.48. The number of rotatable bonds is 3. The van der Waals surface area contributed by atoms with Gasteiger partial charge in [0, 0.05) is 16.1 Å². The SMILES string of the molecule is CCC(N)c1cc(-c2ccccc2Br)no1. The molecule has 4 heteroatoms. The second kappa shape index (κ2) is 4.80. The first kappa shape index (κ1) is 11.4. The van der Waals surface area contributed by atoms with Crippen molar-refractivity contribution in [3.63, 3.8) is 0 Å². The second-order valence-electron chi connectivity index (χ2n) is 3.61. The number of nitrogens with two attached hydrogens (primary N) is 1. The van der Waals surface area contributed by atoms with Gasteiger partial charge in [0.05, 0.1) is 6.04 Å². The normalized spacial score (nSPS) is 12.7. The summed E-state index contributed by atoms with van der Waals surface area (Å²) in [4.78, 5) is 0. The van der Waals surface area contributed by atoms with Gasteiger partial charge in [0.15, 0.2) is 5.76 Å². The van der Waals surface area contributed by atoms with Crippen LogP contribution in [0, 0.1) is 0 Å². The van der Waals surface area contributed by atoms with E-state index in [1.54, 1.807) is 0 Å².